The van der Waals surface area contributed by atoms with Crippen molar-refractivity contribution in [2.75, 3.05) is 7.11 Å². The Kier molecular flexibility index (Phi) is 3.89. The van der Waals surface area contributed by atoms with E-state index >= 15 is 0 Å². The number of amidine groups is 1. The van der Waals surface area contributed by atoms with Crippen molar-refractivity contribution in [3.05, 3.63) is 54.1 Å². The highest BCUT2D eigenvalue weighted by atomic mass is 32.2. The molecule has 3 nitrogen and oxygen atoms in total. The number of nitrogen functional groups attached to an aromatic ring is 1. The van der Waals surface area contributed by atoms with Gasteiger partial charge in [-0.25, -0.2) is 0 Å². The SMILES string of the molecule is COc1ccc(C(=N)N)c(Sc2ccccc2)c1. The molecule has 0 heterocycles. The molecule has 0 bridgehead atoms. The summed E-state index contributed by atoms with van der Waals surface area (Å²) in [5.74, 6) is 0.828. The molecule has 0 saturated carbocycles. The fourth-order valence-corrected chi connectivity index (χ4v) is 2.56. The molecular formula is C14H14N2OS. The number of hydrogen-bond acceptors (Lipinski definition) is 3. The van der Waals surface area contributed by atoms with E-state index in [1.807, 2.05) is 48.5 Å². The molecule has 0 unspecified atom stereocenters. The van der Waals surface area contributed by atoms with E-state index in [2.05, 4.69) is 0 Å². The lowest BCUT2D eigenvalue weighted by molar-refractivity contribution is 0.413. The van der Waals surface area contributed by atoms with Crippen LogP contribution in [-0.2, 0) is 0 Å². The van der Waals surface area contributed by atoms with Gasteiger partial charge in [-0.15, -0.1) is 0 Å². The van der Waals surface area contributed by atoms with Crippen LogP contribution in [0.2, 0.25) is 0 Å². The van der Waals surface area contributed by atoms with Gasteiger partial charge in [0.2, 0.25) is 0 Å². The Balaban J connectivity index is 2.38. The van der Waals surface area contributed by atoms with E-state index in [0.29, 0.717) is 0 Å². The van der Waals surface area contributed by atoms with Crippen molar-refractivity contribution in [1.29, 1.82) is 5.41 Å². The summed E-state index contributed by atoms with van der Waals surface area (Å²) in [6.07, 6.45) is 0. The van der Waals surface area contributed by atoms with E-state index in [1.165, 1.54) is 0 Å². The van der Waals surface area contributed by atoms with E-state index in [0.717, 1.165) is 21.1 Å². The maximum Gasteiger partial charge on any atom is 0.123 e. The lowest BCUT2D eigenvalue weighted by Crippen LogP contribution is -2.12. The van der Waals surface area contributed by atoms with Crippen LogP contribution in [0.15, 0.2) is 58.3 Å². The van der Waals surface area contributed by atoms with E-state index in [-0.39, 0.29) is 5.84 Å². The summed E-state index contributed by atoms with van der Waals surface area (Å²) < 4.78 is 5.20. The largest absolute Gasteiger partial charge is 0.497 e. The van der Waals surface area contributed by atoms with Gasteiger partial charge in [-0.2, -0.15) is 0 Å². The predicted molar refractivity (Wildman–Crippen MR) is 74.6 cm³/mol. The van der Waals surface area contributed by atoms with Gasteiger partial charge in [0.25, 0.3) is 0 Å². The Morgan fingerprint density at radius 1 is 1.17 bits per heavy atom. The average molecular weight is 258 g/mol. The molecule has 0 saturated heterocycles. The molecular weight excluding hydrogens is 244 g/mol. The minimum Gasteiger partial charge on any atom is -0.497 e. The van der Waals surface area contributed by atoms with Crippen LogP contribution >= 0.6 is 11.8 Å². The standard InChI is InChI=1S/C14H14N2OS/c1-17-10-7-8-12(14(15)16)13(9-10)18-11-5-3-2-4-6-11/h2-9H,1H3,(H3,15,16). The number of nitrogens with two attached hydrogens (primary N) is 1. The number of rotatable bonds is 4. The summed E-state index contributed by atoms with van der Waals surface area (Å²) in [6, 6.07) is 15.5. The molecule has 0 amide bonds. The van der Waals surface area contributed by atoms with Crippen molar-refractivity contribution in [2.45, 2.75) is 9.79 Å². The fourth-order valence-electron chi connectivity index (χ4n) is 1.55. The third-order valence-electron chi connectivity index (χ3n) is 2.45. The smallest absolute Gasteiger partial charge is 0.123 e. The Labute approximate surface area is 110 Å². The van der Waals surface area contributed by atoms with Crippen LogP contribution in [0.5, 0.6) is 5.75 Å². The second-order valence-electron chi connectivity index (χ2n) is 3.69. The Bertz CT molecular complexity index is 555. The number of hydrogen-bond donors (Lipinski definition) is 2. The van der Waals surface area contributed by atoms with Crippen molar-refractivity contribution in [1.82, 2.24) is 0 Å². The summed E-state index contributed by atoms with van der Waals surface area (Å²) in [7, 11) is 1.62. The zero-order valence-corrected chi connectivity index (χ0v) is 10.8. The molecule has 0 aliphatic heterocycles. The van der Waals surface area contributed by atoms with Crippen LogP contribution in [-0.4, -0.2) is 12.9 Å². The van der Waals surface area contributed by atoms with Crippen molar-refractivity contribution in [3.8, 4) is 5.75 Å². The van der Waals surface area contributed by atoms with Gasteiger partial charge in [0.05, 0.1) is 7.11 Å². The van der Waals surface area contributed by atoms with Crippen molar-refractivity contribution >= 4 is 17.6 Å². The van der Waals surface area contributed by atoms with Gasteiger partial charge in [-0.1, -0.05) is 30.0 Å². The molecule has 92 valence electrons. The second-order valence-corrected chi connectivity index (χ2v) is 4.81. The minimum atomic E-state index is 0.0658. The fraction of sp³-hybridized carbons (Fsp3) is 0.0714. The molecule has 4 heteroatoms. The van der Waals surface area contributed by atoms with Crippen molar-refractivity contribution in [3.63, 3.8) is 0 Å². The highest BCUT2D eigenvalue weighted by Gasteiger charge is 2.08. The molecule has 0 aliphatic rings. The topological polar surface area (TPSA) is 59.1 Å². The van der Waals surface area contributed by atoms with Crippen LogP contribution in [0, 0.1) is 5.41 Å². The number of nitrogens with one attached hydrogen (secondary N) is 1. The maximum absolute atomic E-state index is 7.59. The average Bonchev–Trinajstić information content (AvgIpc) is 2.39. The monoisotopic (exact) mass is 258 g/mol. The Morgan fingerprint density at radius 2 is 1.89 bits per heavy atom. The third kappa shape index (κ3) is 2.84. The number of benzene rings is 2. The van der Waals surface area contributed by atoms with Crippen molar-refractivity contribution in [2.24, 2.45) is 5.73 Å². The Hall–Kier alpha value is -1.94. The van der Waals surface area contributed by atoms with Crippen molar-refractivity contribution < 1.29 is 4.74 Å². The van der Waals surface area contributed by atoms with Gasteiger partial charge in [0.1, 0.15) is 11.6 Å². The van der Waals surface area contributed by atoms with Crippen LogP contribution < -0.4 is 10.5 Å². The molecule has 0 radical (unpaired) electrons. The first kappa shape index (κ1) is 12.5. The first-order valence-electron chi connectivity index (χ1n) is 5.46. The lowest BCUT2D eigenvalue weighted by Gasteiger charge is -2.10. The quantitative estimate of drug-likeness (QED) is 0.654. The summed E-state index contributed by atoms with van der Waals surface area (Å²) in [5.41, 5.74) is 6.32. The zero-order valence-electron chi connectivity index (χ0n) is 10.0. The molecule has 2 aromatic rings. The first-order chi connectivity index (χ1) is 8.70. The maximum atomic E-state index is 7.59. The summed E-state index contributed by atoms with van der Waals surface area (Å²) in [4.78, 5) is 2.03. The van der Waals surface area contributed by atoms with E-state index < -0.39 is 0 Å². The Morgan fingerprint density at radius 3 is 2.50 bits per heavy atom. The van der Waals surface area contributed by atoms with Crippen LogP contribution in [0.3, 0.4) is 0 Å². The van der Waals surface area contributed by atoms with Gasteiger partial charge in [0.15, 0.2) is 0 Å². The number of ether oxygens (including phenoxy) is 1. The minimum absolute atomic E-state index is 0.0658. The van der Waals surface area contributed by atoms with E-state index in [9.17, 15) is 0 Å². The van der Waals surface area contributed by atoms with E-state index in [4.69, 9.17) is 15.9 Å². The molecule has 0 aliphatic carbocycles. The summed E-state index contributed by atoms with van der Waals surface area (Å²) in [6.45, 7) is 0. The van der Waals surface area contributed by atoms with Crippen LogP contribution in [0.4, 0.5) is 0 Å². The lowest BCUT2D eigenvalue weighted by atomic mass is 10.2. The molecule has 3 N–H and O–H groups in total. The summed E-state index contributed by atoms with van der Waals surface area (Å²) >= 11 is 1.57. The summed E-state index contributed by atoms with van der Waals surface area (Å²) in [5, 5.41) is 7.59. The van der Waals surface area contributed by atoms with Crippen LogP contribution in [0.25, 0.3) is 0 Å². The molecule has 18 heavy (non-hydrogen) atoms. The van der Waals surface area contributed by atoms with Gasteiger partial charge in [-0.05, 0) is 30.3 Å². The van der Waals surface area contributed by atoms with Gasteiger partial charge >= 0.3 is 0 Å². The number of methoxy groups -OCH3 is 1. The van der Waals surface area contributed by atoms with E-state index in [1.54, 1.807) is 18.9 Å². The molecule has 0 atom stereocenters. The van der Waals surface area contributed by atoms with Gasteiger partial charge in [0, 0.05) is 15.4 Å². The molecule has 0 aromatic heterocycles. The highest BCUT2D eigenvalue weighted by molar-refractivity contribution is 7.99. The molecule has 2 rings (SSSR count). The third-order valence-corrected chi connectivity index (χ3v) is 3.52. The van der Waals surface area contributed by atoms with Crippen LogP contribution in [0.1, 0.15) is 5.56 Å². The normalized spacial score (nSPS) is 10.1. The zero-order chi connectivity index (χ0) is 13.0. The van der Waals surface area contributed by atoms with Gasteiger partial charge < -0.3 is 10.5 Å². The molecule has 0 spiro atoms. The highest BCUT2D eigenvalue weighted by Crippen LogP contribution is 2.32. The first-order valence-corrected chi connectivity index (χ1v) is 6.27. The van der Waals surface area contributed by atoms with Gasteiger partial charge in [-0.3, -0.25) is 5.41 Å². The second kappa shape index (κ2) is 5.60. The molecule has 0 fully saturated rings. The predicted octanol–water partition coefficient (Wildman–Crippen LogP) is 3.13. The molecule has 2 aromatic carbocycles.